The van der Waals surface area contributed by atoms with Crippen LogP contribution in [0.25, 0.3) is 5.65 Å². The van der Waals surface area contributed by atoms with Gasteiger partial charge in [-0.25, -0.2) is 0 Å². The third-order valence-electron chi connectivity index (χ3n) is 5.07. The first-order valence-corrected chi connectivity index (χ1v) is 9.82. The molecule has 0 saturated carbocycles. The number of nitrogens with one attached hydrogen (secondary N) is 1. The Morgan fingerprint density at radius 2 is 1.87 bits per heavy atom. The molecule has 31 heavy (non-hydrogen) atoms. The molecule has 164 valence electrons. The minimum absolute atomic E-state index is 0.0959. The normalized spacial score (nSPS) is 15.2. The van der Waals surface area contributed by atoms with Gasteiger partial charge in [0.15, 0.2) is 11.5 Å². The van der Waals surface area contributed by atoms with Gasteiger partial charge in [-0.3, -0.25) is 9.78 Å². The van der Waals surface area contributed by atoms with Gasteiger partial charge in [-0.05, 0) is 24.3 Å². The summed E-state index contributed by atoms with van der Waals surface area (Å²) in [5.41, 5.74) is -0.437. The van der Waals surface area contributed by atoms with Crippen molar-refractivity contribution >= 4 is 17.4 Å². The van der Waals surface area contributed by atoms with Gasteiger partial charge < -0.3 is 10.2 Å². The number of anilines is 1. The number of carbonyl (C=O) groups excluding carboxylic acids is 1. The van der Waals surface area contributed by atoms with Crippen LogP contribution in [0.15, 0.2) is 30.5 Å². The molecule has 3 aromatic rings. The van der Waals surface area contributed by atoms with E-state index in [1.165, 1.54) is 0 Å². The average molecular weight is 433 g/mol. The Labute approximate surface area is 176 Å². The number of rotatable bonds is 4. The number of halogens is 3. The minimum atomic E-state index is -4.53. The van der Waals surface area contributed by atoms with Crippen LogP contribution in [0.4, 0.5) is 19.0 Å². The molecule has 0 radical (unpaired) electrons. The number of pyridine rings is 1. The van der Waals surface area contributed by atoms with Crippen molar-refractivity contribution in [1.29, 1.82) is 0 Å². The summed E-state index contributed by atoms with van der Waals surface area (Å²) in [5.74, 6) is 1.34. The molecule has 0 atom stereocenters. The van der Waals surface area contributed by atoms with E-state index >= 15 is 0 Å². The largest absolute Gasteiger partial charge is 0.433 e. The summed E-state index contributed by atoms with van der Waals surface area (Å²) in [5, 5.41) is 15.8. The van der Waals surface area contributed by atoms with Crippen LogP contribution in [-0.2, 0) is 11.6 Å². The Balaban J connectivity index is 1.33. The van der Waals surface area contributed by atoms with Gasteiger partial charge in [0.2, 0.25) is 0 Å². The van der Waals surface area contributed by atoms with Crippen molar-refractivity contribution in [2.24, 2.45) is 5.92 Å². The van der Waals surface area contributed by atoms with E-state index < -0.39 is 17.8 Å². The Kier molecular flexibility index (Phi) is 5.06. The van der Waals surface area contributed by atoms with Crippen LogP contribution in [0.5, 0.6) is 0 Å². The standard InChI is InChI=1S/C20H22F3N7O/c1-19(2,3)18-27-26-15-6-7-16(28-30(15)18)29-10-12(11-29)8-25-17(31)13-4-5-14(24-9-13)20(21,22)23/h4-7,9,12H,8,10-11H2,1-3H3,(H,25,31). The van der Waals surface area contributed by atoms with Crippen molar-refractivity contribution in [2.45, 2.75) is 32.4 Å². The van der Waals surface area contributed by atoms with Crippen molar-refractivity contribution in [3.63, 3.8) is 0 Å². The second-order valence-corrected chi connectivity index (χ2v) is 8.65. The SMILES string of the molecule is CC(C)(C)c1nnc2ccc(N3CC(CNC(=O)c4ccc(C(F)(F)F)nc4)C3)nn12. The molecule has 4 rings (SSSR count). The Morgan fingerprint density at radius 1 is 1.13 bits per heavy atom. The number of aromatic nitrogens is 5. The van der Waals surface area contributed by atoms with Crippen molar-refractivity contribution in [3.05, 3.63) is 47.5 Å². The van der Waals surface area contributed by atoms with Gasteiger partial charge in [0.05, 0.1) is 5.56 Å². The zero-order valence-corrected chi connectivity index (χ0v) is 17.3. The van der Waals surface area contributed by atoms with Gasteiger partial charge in [0.25, 0.3) is 5.91 Å². The quantitative estimate of drug-likeness (QED) is 0.681. The number of hydrogen-bond donors (Lipinski definition) is 1. The smallest absolute Gasteiger partial charge is 0.354 e. The highest BCUT2D eigenvalue weighted by Crippen LogP contribution is 2.27. The Morgan fingerprint density at radius 3 is 2.48 bits per heavy atom. The fourth-order valence-electron chi connectivity index (χ4n) is 3.34. The first kappa shape index (κ1) is 21.0. The fraction of sp³-hybridized carbons (Fsp3) is 0.450. The summed E-state index contributed by atoms with van der Waals surface area (Å²) >= 11 is 0. The molecule has 1 fully saturated rings. The summed E-state index contributed by atoms with van der Waals surface area (Å²) in [6.07, 6.45) is -3.59. The third kappa shape index (κ3) is 4.30. The molecule has 1 N–H and O–H groups in total. The highest BCUT2D eigenvalue weighted by Gasteiger charge is 2.33. The predicted molar refractivity (Wildman–Crippen MR) is 107 cm³/mol. The number of carbonyl (C=O) groups is 1. The summed E-state index contributed by atoms with van der Waals surface area (Å²) in [4.78, 5) is 17.6. The maximum atomic E-state index is 12.6. The molecule has 1 aliphatic heterocycles. The molecular weight excluding hydrogens is 411 g/mol. The van der Waals surface area contributed by atoms with Crippen molar-refractivity contribution in [1.82, 2.24) is 30.1 Å². The van der Waals surface area contributed by atoms with Crippen LogP contribution in [-0.4, -0.2) is 50.3 Å². The lowest BCUT2D eigenvalue weighted by molar-refractivity contribution is -0.141. The molecular formula is C20H22F3N7O. The zero-order chi connectivity index (χ0) is 22.4. The van der Waals surface area contributed by atoms with Crippen molar-refractivity contribution < 1.29 is 18.0 Å². The monoisotopic (exact) mass is 433 g/mol. The molecule has 0 aromatic carbocycles. The molecule has 3 aromatic heterocycles. The molecule has 0 bridgehead atoms. The molecule has 1 aliphatic rings. The number of amides is 1. The molecule has 1 saturated heterocycles. The lowest BCUT2D eigenvalue weighted by atomic mass is 9.96. The summed E-state index contributed by atoms with van der Waals surface area (Å²) in [6.45, 7) is 7.97. The van der Waals surface area contributed by atoms with E-state index in [0.717, 1.165) is 30.0 Å². The summed E-state index contributed by atoms with van der Waals surface area (Å²) < 4.78 is 39.5. The highest BCUT2D eigenvalue weighted by molar-refractivity contribution is 5.93. The van der Waals surface area contributed by atoms with Gasteiger partial charge >= 0.3 is 6.18 Å². The van der Waals surface area contributed by atoms with Crippen molar-refractivity contribution in [3.8, 4) is 0 Å². The number of nitrogens with zero attached hydrogens (tertiary/aromatic N) is 6. The van der Waals surface area contributed by atoms with Crippen molar-refractivity contribution in [2.75, 3.05) is 24.5 Å². The molecule has 0 unspecified atom stereocenters. The van der Waals surface area contributed by atoms with E-state index in [-0.39, 0.29) is 16.9 Å². The third-order valence-corrected chi connectivity index (χ3v) is 5.07. The van der Waals surface area contributed by atoms with Gasteiger partial charge in [-0.15, -0.1) is 15.3 Å². The minimum Gasteiger partial charge on any atom is -0.354 e. The summed E-state index contributed by atoms with van der Waals surface area (Å²) in [7, 11) is 0. The maximum Gasteiger partial charge on any atom is 0.433 e. The molecule has 0 aliphatic carbocycles. The average Bonchev–Trinajstić information content (AvgIpc) is 3.09. The van der Waals surface area contributed by atoms with E-state index in [2.05, 4.69) is 30.5 Å². The maximum absolute atomic E-state index is 12.6. The Hall–Kier alpha value is -3.24. The van der Waals surface area contributed by atoms with Crippen LogP contribution >= 0.6 is 0 Å². The van der Waals surface area contributed by atoms with Gasteiger partial charge in [0.1, 0.15) is 11.5 Å². The van der Waals surface area contributed by atoms with Crippen LogP contribution in [0.2, 0.25) is 0 Å². The predicted octanol–water partition coefficient (Wildman–Crippen LogP) is 2.70. The molecule has 4 heterocycles. The fourth-order valence-corrected chi connectivity index (χ4v) is 3.34. The van der Waals surface area contributed by atoms with E-state index in [1.807, 2.05) is 32.9 Å². The molecule has 0 spiro atoms. The molecule has 1 amide bonds. The van der Waals surface area contributed by atoms with Crippen LogP contribution in [0, 0.1) is 5.92 Å². The molecule has 11 heteroatoms. The van der Waals surface area contributed by atoms with Gasteiger partial charge in [-0.2, -0.15) is 17.7 Å². The Bertz CT molecular complexity index is 1100. The zero-order valence-electron chi connectivity index (χ0n) is 17.3. The van der Waals surface area contributed by atoms with Crippen LogP contribution in [0.3, 0.4) is 0 Å². The number of fused-ring (bicyclic) bond motifs is 1. The van der Waals surface area contributed by atoms with Crippen LogP contribution < -0.4 is 10.2 Å². The second kappa shape index (κ2) is 7.47. The van der Waals surface area contributed by atoms with E-state index in [0.29, 0.717) is 25.3 Å². The first-order chi connectivity index (χ1) is 14.5. The van der Waals surface area contributed by atoms with E-state index in [9.17, 15) is 18.0 Å². The number of alkyl halides is 3. The molecule has 8 nitrogen and oxygen atoms in total. The van der Waals surface area contributed by atoms with Gasteiger partial charge in [0, 0.05) is 37.2 Å². The number of hydrogen-bond acceptors (Lipinski definition) is 6. The highest BCUT2D eigenvalue weighted by atomic mass is 19.4. The van der Waals surface area contributed by atoms with Gasteiger partial charge in [-0.1, -0.05) is 20.8 Å². The lowest BCUT2D eigenvalue weighted by Crippen LogP contribution is -2.52. The lowest BCUT2D eigenvalue weighted by Gasteiger charge is -2.40. The topological polar surface area (TPSA) is 88.3 Å². The second-order valence-electron chi connectivity index (χ2n) is 8.65. The summed E-state index contributed by atoms with van der Waals surface area (Å²) in [6, 6.07) is 5.69. The first-order valence-electron chi connectivity index (χ1n) is 9.82. The van der Waals surface area contributed by atoms with Crippen LogP contribution in [0.1, 0.15) is 42.6 Å². The van der Waals surface area contributed by atoms with E-state index in [1.54, 1.807) is 4.52 Å². The van der Waals surface area contributed by atoms with E-state index in [4.69, 9.17) is 0 Å².